The first-order valence-corrected chi connectivity index (χ1v) is 11.2. The molecule has 154 valence electrons. The number of carbonyl (C=O) groups excluding carboxylic acids is 2. The molecule has 0 atom stereocenters. The first-order valence-electron chi connectivity index (χ1n) is 10.2. The van der Waals surface area contributed by atoms with Gasteiger partial charge in [-0.25, -0.2) is 0 Å². The van der Waals surface area contributed by atoms with E-state index in [0.29, 0.717) is 18.0 Å². The summed E-state index contributed by atoms with van der Waals surface area (Å²) in [5, 5.41) is 5.93. The first kappa shape index (κ1) is 21.2. The number of anilines is 2. The summed E-state index contributed by atoms with van der Waals surface area (Å²) >= 11 is 1.44. The summed E-state index contributed by atoms with van der Waals surface area (Å²) in [6.07, 6.45) is 5.45. The largest absolute Gasteiger partial charge is 0.492 e. The van der Waals surface area contributed by atoms with Crippen LogP contribution in [0.3, 0.4) is 0 Å². The number of ether oxygens (including phenoxy) is 1. The summed E-state index contributed by atoms with van der Waals surface area (Å²) < 4.78 is 5.54. The monoisotopic (exact) mass is 412 g/mol. The van der Waals surface area contributed by atoms with E-state index in [2.05, 4.69) is 10.6 Å². The molecule has 1 aliphatic rings. The van der Waals surface area contributed by atoms with Crippen LogP contribution in [0.4, 0.5) is 11.4 Å². The number of hydrogen-bond donors (Lipinski definition) is 2. The molecule has 0 heterocycles. The van der Waals surface area contributed by atoms with Crippen LogP contribution in [0.15, 0.2) is 53.4 Å². The zero-order valence-electron chi connectivity index (χ0n) is 16.8. The van der Waals surface area contributed by atoms with Gasteiger partial charge in [0.15, 0.2) is 0 Å². The minimum absolute atomic E-state index is 0.0983. The molecule has 2 N–H and O–H groups in total. The van der Waals surface area contributed by atoms with Crippen LogP contribution in [0.1, 0.15) is 39.0 Å². The van der Waals surface area contributed by atoms with Gasteiger partial charge in [-0.15, -0.1) is 11.8 Å². The van der Waals surface area contributed by atoms with Crippen molar-refractivity contribution in [2.24, 2.45) is 5.92 Å². The van der Waals surface area contributed by atoms with Gasteiger partial charge in [0.1, 0.15) is 5.75 Å². The Kier molecular flexibility index (Phi) is 7.99. The van der Waals surface area contributed by atoms with E-state index < -0.39 is 0 Å². The quantitative estimate of drug-likeness (QED) is 0.575. The van der Waals surface area contributed by atoms with E-state index in [9.17, 15) is 9.59 Å². The van der Waals surface area contributed by atoms with Crippen LogP contribution in [-0.4, -0.2) is 24.2 Å². The molecule has 0 radical (unpaired) electrons. The molecule has 2 aromatic carbocycles. The van der Waals surface area contributed by atoms with Crippen LogP contribution < -0.4 is 15.4 Å². The minimum atomic E-state index is -0.0983. The van der Waals surface area contributed by atoms with Gasteiger partial charge in [0.2, 0.25) is 11.8 Å². The maximum atomic E-state index is 12.4. The highest BCUT2D eigenvalue weighted by molar-refractivity contribution is 8.00. The van der Waals surface area contributed by atoms with Crippen molar-refractivity contribution in [1.82, 2.24) is 0 Å². The van der Waals surface area contributed by atoms with Gasteiger partial charge >= 0.3 is 0 Å². The van der Waals surface area contributed by atoms with Crippen LogP contribution >= 0.6 is 11.8 Å². The number of nitrogens with one attached hydrogen (secondary N) is 2. The molecule has 1 saturated carbocycles. The fourth-order valence-electron chi connectivity index (χ4n) is 3.46. The summed E-state index contributed by atoms with van der Waals surface area (Å²) in [6, 6.07) is 15.1. The summed E-state index contributed by atoms with van der Waals surface area (Å²) in [4.78, 5) is 25.7. The predicted octanol–water partition coefficient (Wildman–Crippen LogP) is 5.33. The van der Waals surface area contributed by atoms with Crippen LogP contribution in [0.2, 0.25) is 0 Å². The lowest BCUT2D eigenvalue weighted by Gasteiger charge is -2.20. The van der Waals surface area contributed by atoms with E-state index in [-0.39, 0.29) is 23.5 Å². The van der Waals surface area contributed by atoms with Crippen molar-refractivity contribution >= 4 is 35.0 Å². The Morgan fingerprint density at radius 3 is 2.62 bits per heavy atom. The minimum Gasteiger partial charge on any atom is -0.492 e. The van der Waals surface area contributed by atoms with E-state index in [1.165, 1.54) is 18.2 Å². The molecule has 0 saturated heterocycles. The Labute approximate surface area is 176 Å². The maximum absolute atomic E-state index is 12.4. The van der Waals surface area contributed by atoms with Gasteiger partial charge in [-0.05, 0) is 50.1 Å². The number of carbonyl (C=O) groups is 2. The standard InChI is InChI=1S/C23H28N2O3S/c1-2-28-21-14-7-6-13-20(21)25-22(26)16-29-19-12-8-11-18(15-19)24-23(27)17-9-4-3-5-10-17/h6-8,11-15,17H,2-5,9-10,16H2,1H3,(H,24,27)(H,25,26). The molecule has 3 rings (SSSR count). The zero-order chi connectivity index (χ0) is 20.5. The number of hydrogen-bond acceptors (Lipinski definition) is 4. The Balaban J connectivity index is 1.52. The van der Waals surface area contributed by atoms with Crippen molar-refractivity contribution in [3.63, 3.8) is 0 Å². The molecule has 1 aliphatic carbocycles. The Hall–Kier alpha value is -2.47. The zero-order valence-corrected chi connectivity index (χ0v) is 17.6. The highest BCUT2D eigenvalue weighted by atomic mass is 32.2. The highest BCUT2D eigenvalue weighted by Gasteiger charge is 2.21. The van der Waals surface area contributed by atoms with E-state index in [0.717, 1.165) is 36.3 Å². The van der Waals surface area contributed by atoms with Gasteiger partial charge in [-0.1, -0.05) is 37.5 Å². The van der Waals surface area contributed by atoms with Gasteiger partial charge in [0.25, 0.3) is 0 Å². The fourth-order valence-corrected chi connectivity index (χ4v) is 4.21. The maximum Gasteiger partial charge on any atom is 0.234 e. The average molecular weight is 413 g/mol. The van der Waals surface area contributed by atoms with E-state index >= 15 is 0 Å². The van der Waals surface area contributed by atoms with Crippen molar-refractivity contribution in [2.75, 3.05) is 23.0 Å². The molecule has 0 spiro atoms. The molecular weight excluding hydrogens is 384 g/mol. The smallest absolute Gasteiger partial charge is 0.234 e. The third kappa shape index (κ3) is 6.53. The van der Waals surface area contributed by atoms with Crippen LogP contribution in [0.25, 0.3) is 0 Å². The van der Waals surface area contributed by atoms with E-state index in [1.807, 2.05) is 55.5 Å². The summed E-state index contributed by atoms with van der Waals surface area (Å²) in [6.45, 7) is 2.45. The van der Waals surface area contributed by atoms with Crippen molar-refractivity contribution < 1.29 is 14.3 Å². The summed E-state index contributed by atoms with van der Waals surface area (Å²) in [5.74, 6) is 1.08. The lowest BCUT2D eigenvalue weighted by Crippen LogP contribution is -2.24. The molecule has 0 aliphatic heterocycles. The van der Waals surface area contributed by atoms with Gasteiger partial charge in [-0.3, -0.25) is 9.59 Å². The molecule has 2 aromatic rings. The summed E-state index contributed by atoms with van der Waals surface area (Å²) in [7, 11) is 0. The van der Waals surface area contributed by atoms with E-state index in [1.54, 1.807) is 0 Å². The number of para-hydroxylation sites is 2. The van der Waals surface area contributed by atoms with Crippen molar-refractivity contribution in [3.05, 3.63) is 48.5 Å². The van der Waals surface area contributed by atoms with E-state index in [4.69, 9.17) is 4.74 Å². The normalized spacial score (nSPS) is 14.2. The van der Waals surface area contributed by atoms with Gasteiger partial charge < -0.3 is 15.4 Å². The second-order valence-electron chi connectivity index (χ2n) is 7.12. The lowest BCUT2D eigenvalue weighted by atomic mass is 9.88. The van der Waals surface area contributed by atoms with Gasteiger partial charge in [-0.2, -0.15) is 0 Å². The molecule has 2 amide bonds. The molecule has 5 nitrogen and oxygen atoms in total. The van der Waals surface area contributed by atoms with Crippen molar-refractivity contribution in [2.45, 2.75) is 43.9 Å². The molecule has 29 heavy (non-hydrogen) atoms. The topological polar surface area (TPSA) is 67.4 Å². The van der Waals surface area contributed by atoms with Gasteiger partial charge in [0.05, 0.1) is 18.0 Å². The van der Waals surface area contributed by atoms with Crippen molar-refractivity contribution in [1.29, 1.82) is 0 Å². The molecule has 0 aromatic heterocycles. The Morgan fingerprint density at radius 2 is 1.83 bits per heavy atom. The first-order chi connectivity index (χ1) is 14.2. The number of amides is 2. The Morgan fingerprint density at radius 1 is 1.03 bits per heavy atom. The molecule has 0 bridgehead atoms. The molecule has 1 fully saturated rings. The average Bonchev–Trinajstić information content (AvgIpc) is 2.75. The predicted molar refractivity (Wildman–Crippen MR) is 119 cm³/mol. The lowest BCUT2D eigenvalue weighted by molar-refractivity contribution is -0.120. The molecular formula is C23H28N2O3S. The molecule has 0 unspecified atom stereocenters. The van der Waals surface area contributed by atoms with Crippen LogP contribution in [0, 0.1) is 5.92 Å². The second-order valence-corrected chi connectivity index (χ2v) is 8.17. The summed E-state index contributed by atoms with van der Waals surface area (Å²) in [5.41, 5.74) is 1.46. The Bertz CT molecular complexity index is 834. The SMILES string of the molecule is CCOc1ccccc1NC(=O)CSc1cccc(NC(=O)C2CCCCC2)c1. The third-order valence-electron chi connectivity index (χ3n) is 4.91. The second kappa shape index (κ2) is 10.9. The fraction of sp³-hybridized carbons (Fsp3) is 0.391. The van der Waals surface area contributed by atoms with Gasteiger partial charge in [0, 0.05) is 16.5 Å². The van der Waals surface area contributed by atoms with Crippen molar-refractivity contribution in [3.8, 4) is 5.75 Å². The number of rotatable bonds is 8. The third-order valence-corrected chi connectivity index (χ3v) is 5.90. The number of thioether (sulfide) groups is 1. The van der Waals surface area contributed by atoms with Crippen LogP contribution in [-0.2, 0) is 9.59 Å². The highest BCUT2D eigenvalue weighted by Crippen LogP contribution is 2.27. The van der Waals surface area contributed by atoms with Crippen LogP contribution in [0.5, 0.6) is 5.75 Å². The number of benzene rings is 2. The molecule has 6 heteroatoms.